The quantitative estimate of drug-likeness (QED) is 0.774. The van der Waals surface area contributed by atoms with Crippen LogP contribution < -0.4 is 0 Å². The number of β-lactam (4-membered cyclic amide) rings is 1. The molecule has 3 atom stereocenters. The first-order chi connectivity index (χ1) is 11.2. The molecule has 2 fully saturated rings. The maximum absolute atomic E-state index is 12.5. The largest absolute Gasteiger partial charge is 0.479 e. The molecule has 9 heteroatoms. The molecule has 3 heterocycles. The Labute approximate surface area is 151 Å². The minimum absolute atomic E-state index is 0.151. The highest BCUT2D eigenvalue weighted by atomic mass is 32.2. The van der Waals surface area contributed by atoms with Gasteiger partial charge in [-0.15, -0.1) is 23.1 Å². The van der Waals surface area contributed by atoms with E-state index in [0.29, 0.717) is 0 Å². The van der Waals surface area contributed by atoms with Crippen molar-refractivity contribution in [2.45, 2.75) is 41.4 Å². The summed E-state index contributed by atoms with van der Waals surface area (Å²) in [5.74, 6) is -1.55. The number of carbonyl (C=O) groups is 3. The van der Waals surface area contributed by atoms with Crippen molar-refractivity contribution >= 4 is 51.9 Å². The van der Waals surface area contributed by atoms with Crippen LogP contribution in [0.15, 0.2) is 17.5 Å². The number of thioether (sulfide) groups is 2. The Kier molecular flexibility index (Phi) is 4.48. The Bertz CT molecular complexity index is 689. The van der Waals surface area contributed by atoms with Crippen molar-refractivity contribution in [3.63, 3.8) is 0 Å². The molecule has 3 rings (SSSR count). The molecule has 130 valence electrons. The van der Waals surface area contributed by atoms with E-state index in [2.05, 4.69) is 0 Å². The van der Waals surface area contributed by atoms with E-state index in [1.807, 2.05) is 17.5 Å². The number of carboxylic acid groups (broad SMARTS) is 1. The summed E-state index contributed by atoms with van der Waals surface area (Å²) in [6.45, 7) is 3.52. The molecule has 1 N–H and O–H groups in total. The summed E-state index contributed by atoms with van der Waals surface area (Å²) in [6.07, 6.45) is -0.498. The first-order valence-electron chi connectivity index (χ1n) is 7.26. The normalized spacial score (nSPS) is 30.8. The number of carbonyl (C=O) groups excluding carboxylic acids is 2. The van der Waals surface area contributed by atoms with E-state index >= 15 is 0 Å². The number of carboxylic acids is 1. The van der Waals surface area contributed by atoms with E-state index < -0.39 is 21.7 Å². The van der Waals surface area contributed by atoms with Crippen molar-refractivity contribution in [2.24, 2.45) is 0 Å². The summed E-state index contributed by atoms with van der Waals surface area (Å²) >= 11 is 3.56. The van der Waals surface area contributed by atoms with E-state index in [1.165, 1.54) is 35.1 Å². The summed E-state index contributed by atoms with van der Waals surface area (Å²) in [5.41, 5.74) is 0. The molecule has 0 spiro atoms. The number of rotatable bonds is 5. The lowest BCUT2D eigenvalue weighted by Gasteiger charge is -2.48. The van der Waals surface area contributed by atoms with Gasteiger partial charge in [-0.3, -0.25) is 14.5 Å². The van der Waals surface area contributed by atoms with Crippen molar-refractivity contribution < 1.29 is 24.2 Å². The molecule has 0 saturated carbocycles. The van der Waals surface area contributed by atoms with Crippen molar-refractivity contribution in [1.82, 2.24) is 4.90 Å². The summed E-state index contributed by atoms with van der Waals surface area (Å²) in [6, 6.07) is 3.68. The average Bonchev–Trinajstić information content (AvgIpc) is 3.04. The molecule has 0 aliphatic carbocycles. The van der Waals surface area contributed by atoms with E-state index in [4.69, 9.17) is 4.74 Å². The third-order valence-electron chi connectivity index (χ3n) is 4.27. The highest BCUT2D eigenvalue weighted by molar-refractivity contribution is 8.16. The van der Waals surface area contributed by atoms with Crippen molar-refractivity contribution in [2.75, 3.05) is 7.11 Å². The fourth-order valence-corrected chi connectivity index (χ4v) is 7.10. The van der Waals surface area contributed by atoms with E-state index in [0.717, 1.165) is 16.6 Å². The van der Waals surface area contributed by atoms with Crippen LogP contribution in [0.1, 0.15) is 18.7 Å². The number of amides is 1. The Balaban J connectivity index is 1.91. The zero-order chi connectivity index (χ0) is 17.7. The van der Waals surface area contributed by atoms with E-state index in [-0.39, 0.29) is 22.8 Å². The number of aliphatic carboxylic acids is 1. The number of hydrogen-bond donors (Lipinski definition) is 1. The minimum atomic E-state index is -1.62. The molecule has 0 bridgehead atoms. The third kappa shape index (κ3) is 2.40. The number of thiophene rings is 1. The van der Waals surface area contributed by atoms with Crippen LogP contribution in [0.4, 0.5) is 0 Å². The van der Waals surface area contributed by atoms with Crippen LogP contribution in [0.3, 0.4) is 0 Å². The van der Waals surface area contributed by atoms with Gasteiger partial charge in [0.15, 0.2) is 11.2 Å². The lowest BCUT2D eigenvalue weighted by molar-refractivity contribution is -0.175. The van der Waals surface area contributed by atoms with Gasteiger partial charge in [0.05, 0.1) is 11.2 Å². The van der Waals surface area contributed by atoms with Crippen molar-refractivity contribution in [3.8, 4) is 0 Å². The van der Waals surface area contributed by atoms with Crippen LogP contribution in [0, 0.1) is 0 Å². The Morgan fingerprint density at radius 1 is 1.46 bits per heavy atom. The Morgan fingerprint density at radius 2 is 2.17 bits per heavy atom. The second kappa shape index (κ2) is 6.05. The molecule has 2 aliphatic rings. The molecule has 0 aromatic carbocycles. The Morgan fingerprint density at radius 3 is 2.71 bits per heavy atom. The number of hydrogen-bond acceptors (Lipinski definition) is 7. The first-order valence-corrected chi connectivity index (χ1v) is 9.83. The van der Waals surface area contributed by atoms with Crippen LogP contribution in [0.2, 0.25) is 0 Å². The third-order valence-corrected chi connectivity index (χ3v) is 8.41. The zero-order valence-electron chi connectivity index (χ0n) is 13.3. The number of methoxy groups -OCH3 is 1. The molecule has 1 amide bonds. The average molecular weight is 388 g/mol. The molecule has 6 nitrogen and oxygen atoms in total. The van der Waals surface area contributed by atoms with Gasteiger partial charge in [-0.25, -0.2) is 4.79 Å². The van der Waals surface area contributed by atoms with Gasteiger partial charge in [-0.1, -0.05) is 6.07 Å². The standard InChI is InChI=1S/C15H17NO5S3/c1-14(2)15(13(19)20,16-11(18)10(21-3)12(16)24-14)23-9(17)7-8-5-4-6-22-8/h4-6,10,12H,7H2,1-3H3,(H,19,20)/t10-,12-,15-/m1/s1. The lowest BCUT2D eigenvalue weighted by atomic mass is 9.96. The predicted octanol–water partition coefficient (Wildman–Crippen LogP) is 2.04. The van der Waals surface area contributed by atoms with Gasteiger partial charge in [0.25, 0.3) is 5.91 Å². The molecule has 1 aromatic rings. The van der Waals surface area contributed by atoms with Gasteiger partial charge in [0, 0.05) is 12.0 Å². The summed E-state index contributed by atoms with van der Waals surface area (Å²) in [4.78, 5) is 37.7. The molecule has 24 heavy (non-hydrogen) atoms. The Hall–Kier alpha value is -1.03. The van der Waals surface area contributed by atoms with Gasteiger partial charge >= 0.3 is 5.97 Å². The minimum Gasteiger partial charge on any atom is -0.479 e. The zero-order valence-corrected chi connectivity index (χ0v) is 15.8. The fraction of sp³-hybridized carbons (Fsp3) is 0.533. The molecule has 1 aromatic heterocycles. The molecular weight excluding hydrogens is 370 g/mol. The summed E-state index contributed by atoms with van der Waals surface area (Å²) in [7, 11) is 1.43. The van der Waals surface area contributed by atoms with Gasteiger partial charge in [0.1, 0.15) is 5.37 Å². The van der Waals surface area contributed by atoms with Crippen LogP contribution in [-0.2, 0) is 25.5 Å². The van der Waals surface area contributed by atoms with Crippen molar-refractivity contribution in [1.29, 1.82) is 0 Å². The number of ether oxygens (including phenoxy) is 1. The predicted molar refractivity (Wildman–Crippen MR) is 94.1 cm³/mol. The van der Waals surface area contributed by atoms with E-state index in [9.17, 15) is 19.5 Å². The molecule has 2 saturated heterocycles. The summed E-state index contributed by atoms with van der Waals surface area (Å²) in [5, 5.41) is 11.2. The summed E-state index contributed by atoms with van der Waals surface area (Å²) < 4.78 is 4.34. The maximum Gasteiger partial charge on any atom is 0.342 e. The first kappa shape index (κ1) is 17.8. The van der Waals surface area contributed by atoms with Crippen LogP contribution in [0.25, 0.3) is 0 Å². The number of fused-ring (bicyclic) bond motifs is 1. The maximum atomic E-state index is 12.5. The molecule has 0 unspecified atom stereocenters. The molecule has 2 aliphatic heterocycles. The van der Waals surface area contributed by atoms with E-state index in [1.54, 1.807) is 13.8 Å². The van der Waals surface area contributed by atoms with Gasteiger partial charge in [0.2, 0.25) is 4.87 Å². The highest BCUT2D eigenvalue weighted by Gasteiger charge is 2.74. The van der Waals surface area contributed by atoms with Crippen LogP contribution in [-0.4, -0.2) is 55.2 Å². The second-order valence-corrected chi connectivity index (χ2v) is 10.1. The van der Waals surface area contributed by atoms with Crippen LogP contribution in [0.5, 0.6) is 0 Å². The lowest BCUT2D eigenvalue weighted by Crippen LogP contribution is -2.71. The van der Waals surface area contributed by atoms with Crippen molar-refractivity contribution in [3.05, 3.63) is 22.4 Å². The van der Waals surface area contributed by atoms with Crippen LogP contribution >= 0.6 is 34.9 Å². The van der Waals surface area contributed by atoms with Gasteiger partial charge in [-0.2, -0.15) is 0 Å². The fourth-order valence-electron chi connectivity index (χ4n) is 3.11. The SMILES string of the molecule is CO[C@@H]1C(=O)N2[C@@H]1SC(C)(C)[C@]2(SC(=O)Cc1cccs1)C(=O)O. The van der Waals surface area contributed by atoms with Gasteiger partial charge < -0.3 is 9.84 Å². The molecule has 0 radical (unpaired) electrons. The topological polar surface area (TPSA) is 83.9 Å². The molecular formula is C15H17NO5S3. The smallest absolute Gasteiger partial charge is 0.342 e. The highest BCUT2D eigenvalue weighted by Crippen LogP contribution is 2.61. The van der Waals surface area contributed by atoms with Gasteiger partial charge in [-0.05, 0) is 37.1 Å². The monoisotopic (exact) mass is 387 g/mol. The number of nitrogens with zero attached hydrogens (tertiary/aromatic N) is 1. The second-order valence-electron chi connectivity index (χ2n) is 6.06.